The number of nitrogens with zero attached hydrogens (tertiary/aromatic N) is 6. The van der Waals surface area contributed by atoms with Gasteiger partial charge in [-0.05, 0) is 76.1 Å². The van der Waals surface area contributed by atoms with Crippen LogP contribution >= 0.6 is 0 Å². The van der Waals surface area contributed by atoms with Gasteiger partial charge in [-0.1, -0.05) is 6.92 Å². The van der Waals surface area contributed by atoms with Gasteiger partial charge in [0.2, 0.25) is 0 Å². The molecule has 3 aromatic heterocycles. The van der Waals surface area contributed by atoms with E-state index in [1.165, 1.54) is 6.92 Å². The quantitative estimate of drug-likeness (QED) is 0.419. The first-order chi connectivity index (χ1) is 20.5. The summed E-state index contributed by atoms with van der Waals surface area (Å²) >= 11 is 0. The van der Waals surface area contributed by atoms with Crippen molar-refractivity contribution in [1.82, 2.24) is 30.2 Å². The lowest BCUT2D eigenvalue weighted by Gasteiger charge is -2.40. The van der Waals surface area contributed by atoms with Gasteiger partial charge in [-0.2, -0.15) is 23.1 Å². The van der Waals surface area contributed by atoms with Gasteiger partial charge < -0.3 is 20.7 Å². The maximum Gasteiger partial charge on any atom is 0.418 e. The van der Waals surface area contributed by atoms with E-state index in [0.717, 1.165) is 64.3 Å². The van der Waals surface area contributed by atoms with Crippen LogP contribution in [0.4, 0.5) is 29.2 Å². The van der Waals surface area contributed by atoms with Gasteiger partial charge in [-0.25, -0.2) is 14.4 Å². The molecule has 3 fully saturated rings. The number of fused-ring (bicyclic) bond motifs is 3. The molecule has 0 radical (unpaired) electrons. The summed E-state index contributed by atoms with van der Waals surface area (Å²) in [6.07, 6.45) is 0.644. The molecule has 0 aromatic carbocycles. The van der Waals surface area contributed by atoms with E-state index in [9.17, 15) is 13.2 Å². The van der Waals surface area contributed by atoms with Crippen molar-refractivity contribution < 1.29 is 22.3 Å². The van der Waals surface area contributed by atoms with Gasteiger partial charge in [0.15, 0.2) is 5.82 Å². The molecule has 0 bridgehead atoms. The highest BCUT2D eigenvalue weighted by atomic mass is 19.4. The summed E-state index contributed by atoms with van der Waals surface area (Å²) < 4.78 is 66.0. The molecule has 2 atom stereocenters. The van der Waals surface area contributed by atoms with Gasteiger partial charge in [0.1, 0.15) is 35.1 Å². The molecule has 3 saturated heterocycles. The first-order valence-corrected chi connectivity index (χ1v) is 15.1. The Kier molecular flexibility index (Phi) is 6.88. The lowest BCUT2D eigenvalue weighted by Crippen LogP contribution is -2.53. The van der Waals surface area contributed by atoms with E-state index < -0.39 is 28.9 Å². The summed E-state index contributed by atoms with van der Waals surface area (Å²) in [5.74, 6) is -0.494. The monoisotopic (exact) mass is 600 g/mol. The zero-order valence-electron chi connectivity index (χ0n) is 24.4. The average molecular weight is 601 g/mol. The average Bonchev–Trinajstić information content (AvgIpc) is 3.52. The number of nitrogens with two attached hydrogens (primary N) is 1. The molecular formula is C30H36F4N8O. The number of alkyl halides is 3. The van der Waals surface area contributed by atoms with Crippen LogP contribution in [0.15, 0.2) is 6.07 Å². The zero-order valence-corrected chi connectivity index (χ0v) is 24.4. The number of aryl methyl sites for hydroxylation is 1. The number of hydrogen-bond donors (Lipinski definition) is 2. The molecule has 3 aromatic rings. The van der Waals surface area contributed by atoms with Gasteiger partial charge in [0, 0.05) is 25.7 Å². The highest BCUT2D eigenvalue weighted by molar-refractivity contribution is 5.95. The van der Waals surface area contributed by atoms with Crippen LogP contribution in [-0.2, 0) is 12.6 Å². The van der Waals surface area contributed by atoms with Gasteiger partial charge in [-0.3, -0.25) is 4.90 Å². The summed E-state index contributed by atoms with van der Waals surface area (Å²) in [5.41, 5.74) is 3.79. The summed E-state index contributed by atoms with van der Waals surface area (Å²) in [5, 5.41) is 3.86. The van der Waals surface area contributed by atoms with Crippen LogP contribution in [0.2, 0.25) is 0 Å². The molecule has 4 aliphatic rings. The number of aromatic nitrogens is 4. The predicted octanol–water partition coefficient (Wildman–Crippen LogP) is 4.50. The Hall–Kier alpha value is -3.32. The lowest BCUT2D eigenvalue weighted by molar-refractivity contribution is -0.137. The molecule has 0 saturated carbocycles. The largest absolute Gasteiger partial charge is 0.461 e. The highest BCUT2D eigenvalue weighted by Gasteiger charge is 2.45. The number of pyridine rings is 2. The normalized spacial score (nSPS) is 23.6. The van der Waals surface area contributed by atoms with Crippen LogP contribution in [-0.4, -0.2) is 75.7 Å². The van der Waals surface area contributed by atoms with Crippen LogP contribution in [0.1, 0.15) is 55.8 Å². The summed E-state index contributed by atoms with van der Waals surface area (Å²) in [6.45, 7) is 7.88. The van der Waals surface area contributed by atoms with Crippen molar-refractivity contribution in [2.45, 2.75) is 70.1 Å². The van der Waals surface area contributed by atoms with Crippen molar-refractivity contribution in [3.63, 3.8) is 0 Å². The molecule has 7 heterocycles. The maximum absolute atomic E-state index is 16.7. The molecule has 7 rings (SSSR count). The SMILES string of the molecule is Cc1cc(N)nc(-c2nc3c4c(nc(OCC56CCCN5CCC6)nc4c2F)N2CCNCC2CC(C)C3)c1C(F)(F)F. The molecule has 9 nitrogen and oxygen atoms in total. The van der Waals surface area contributed by atoms with Crippen molar-refractivity contribution in [3.05, 3.63) is 28.7 Å². The van der Waals surface area contributed by atoms with E-state index in [0.29, 0.717) is 36.5 Å². The topological polar surface area (TPSA) is 105 Å². The summed E-state index contributed by atoms with van der Waals surface area (Å²) in [4.78, 5) is 22.6. The van der Waals surface area contributed by atoms with Gasteiger partial charge in [0.05, 0.1) is 22.2 Å². The standard InChI is InChI=1S/C30H36F4N8O/c1-16-11-18-14-36-7-10-42(18)27-21-19(12-16)37-26(25-22(30(32,33)34)17(2)13-20(35)38-25)23(31)24(21)39-28(40-27)43-15-29-5-3-8-41(29)9-4-6-29/h13,16,18,36H,3-12,14-15H2,1-2H3,(H2,35,38). The molecular weight excluding hydrogens is 564 g/mol. The van der Waals surface area contributed by atoms with Crippen LogP contribution in [0.5, 0.6) is 6.01 Å². The Morgan fingerprint density at radius 2 is 1.86 bits per heavy atom. The summed E-state index contributed by atoms with van der Waals surface area (Å²) in [6, 6.07) is 1.27. The van der Waals surface area contributed by atoms with Crippen molar-refractivity contribution in [2.75, 3.05) is 50.0 Å². The number of ether oxygens (including phenoxy) is 1. The fourth-order valence-electron chi connectivity index (χ4n) is 7.80. The molecule has 2 unspecified atom stereocenters. The number of hydrogen-bond acceptors (Lipinski definition) is 9. The third-order valence-electron chi connectivity index (χ3n) is 9.68. The lowest BCUT2D eigenvalue weighted by atomic mass is 9.90. The Morgan fingerprint density at radius 3 is 2.60 bits per heavy atom. The second-order valence-corrected chi connectivity index (χ2v) is 12.7. The second-order valence-electron chi connectivity index (χ2n) is 12.7. The predicted molar refractivity (Wildman–Crippen MR) is 154 cm³/mol. The van der Waals surface area contributed by atoms with E-state index in [1.54, 1.807) is 0 Å². The zero-order chi connectivity index (χ0) is 30.1. The number of nitrogen functional groups attached to an aromatic ring is 1. The number of anilines is 2. The second kappa shape index (κ2) is 10.4. The molecule has 0 aliphatic carbocycles. The molecule has 4 aliphatic heterocycles. The Bertz CT molecular complexity index is 1570. The van der Waals surface area contributed by atoms with Gasteiger partial charge in [0.25, 0.3) is 0 Å². The first kappa shape index (κ1) is 28.5. The number of piperazine rings is 1. The first-order valence-electron chi connectivity index (χ1n) is 15.1. The Morgan fingerprint density at radius 1 is 1.09 bits per heavy atom. The van der Waals surface area contributed by atoms with Crippen LogP contribution < -0.4 is 20.7 Å². The van der Waals surface area contributed by atoms with Gasteiger partial charge in [-0.15, -0.1) is 0 Å². The number of halogens is 4. The minimum absolute atomic E-state index is 0.0243. The third kappa shape index (κ3) is 4.84. The van der Waals surface area contributed by atoms with E-state index in [-0.39, 0.29) is 40.4 Å². The van der Waals surface area contributed by atoms with Crippen LogP contribution in [0.3, 0.4) is 0 Å². The number of rotatable bonds is 4. The van der Waals surface area contributed by atoms with E-state index in [4.69, 9.17) is 15.5 Å². The molecule has 0 spiro atoms. The van der Waals surface area contributed by atoms with E-state index in [2.05, 4.69) is 37.0 Å². The fraction of sp³-hybridized carbons (Fsp3) is 0.600. The fourth-order valence-corrected chi connectivity index (χ4v) is 7.80. The molecule has 43 heavy (non-hydrogen) atoms. The minimum Gasteiger partial charge on any atom is -0.461 e. The third-order valence-corrected chi connectivity index (χ3v) is 9.68. The van der Waals surface area contributed by atoms with Crippen molar-refractivity contribution in [3.8, 4) is 17.4 Å². The smallest absolute Gasteiger partial charge is 0.418 e. The number of nitrogens with one attached hydrogen (secondary N) is 1. The van der Waals surface area contributed by atoms with Crippen molar-refractivity contribution in [1.29, 1.82) is 0 Å². The van der Waals surface area contributed by atoms with Crippen molar-refractivity contribution in [2.24, 2.45) is 5.92 Å². The molecule has 0 amide bonds. The molecule has 13 heteroatoms. The van der Waals surface area contributed by atoms with Crippen LogP contribution in [0.25, 0.3) is 22.3 Å². The molecule has 3 N–H and O–H groups in total. The van der Waals surface area contributed by atoms with Crippen molar-refractivity contribution >= 4 is 22.5 Å². The van der Waals surface area contributed by atoms with E-state index >= 15 is 4.39 Å². The molecule has 230 valence electrons. The highest BCUT2D eigenvalue weighted by Crippen LogP contribution is 2.44. The Labute approximate surface area is 247 Å². The van der Waals surface area contributed by atoms with Crippen LogP contribution in [0, 0.1) is 18.7 Å². The summed E-state index contributed by atoms with van der Waals surface area (Å²) in [7, 11) is 0. The minimum atomic E-state index is -4.80. The maximum atomic E-state index is 16.7. The Balaban J connectivity index is 1.44. The van der Waals surface area contributed by atoms with Gasteiger partial charge >= 0.3 is 12.2 Å². The van der Waals surface area contributed by atoms with E-state index in [1.807, 2.05) is 0 Å².